The minimum Gasteiger partial charge on any atom is -0.299 e. The van der Waals surface area contributed by atoms with E-state index < -0.39 is 0 Å². The minimum atomic E-state index is 0.223. The van der Waals surface area contributed by atoms with Crippen LogP contribution in [0, 0.1) is 17.3 Å². The van der Waals surface area contributed by atoms with Crippen molar-refractivity contribution in [3.8, 4) is 0 Å². The van der Waals surface area contributed by atoms with Crippen molar-refractivity contribution in [3.05, 3.63) is 0 Å². The smallest absolute Gasteiger partial charge is 0.136 e. The summed E-state index contributed by atoms with van der Waals surface area (Å²) >= 11 is 0. The highest BCUT2D eigenvalue weighted by Crippen LogP contribution is 2.34. The third-order valence-corrected chi connectivity index (χ3v) is 6.15. The topological polar surface area (TPSA) is 17.1 Å². The number of carbonyl (C=O) groups excluding carboxylic acids is 1. The fourth-order valence-electron chi connectivity index (χ4n) is 4.64. The largest absolute Gasteiger partial charge is 0.299 e. The molecular formula is C21H38O. The number of rotatable bonds is 8. The summed E-state index contributed by atoms with van der Waals surface area (Å²) in [6.07, 6.45) is 19.8. The highest BCUT2D eigenvalue weighted by atomic mass is 16.1. The van der Waals surface area contributed by atoms with Gasteiger partial charge in [-0.15, -0.1) is 0 Å². The van der Waals surface area contributed by atoms with Crippen molar-refractivity contribution in [2.75, 3.05) is 0 Å². The van der Waals surface area contributed by atoms with E-state index >= 15 is 0 Å². The Morgan fingerprint density at radius 1 is 0.864 bits per heavy atom. The van der Waals surface area contributed by atoms with Crippen LogP contribution in [0.5, 0.6) is 0 Å². The van der Waals surface area contributed by atoms with Gasteiger partial charge in [-0.2, -0.15) is 0 Å². The van der Waals surface area contributed by atoms with E-state index in [1.54, 1.807) is 0 Å². The maximum Gasteiger partial charge on any atom is 0.136 e. The predicted molar refractivity (Wildman–Crippen MR) is 95.0 cm³/mol. The molecule has 1 nitrogen and oxygen atoms in total. The standard InChI is InChI=1S/C21H38O/c1-21(2,17-20(22)19-14-7-4-8-15-19)16-10-9-13-18-11-5-3-6-12-18/h18-19H,3-17H2,1-2H3. The zero-order valence-electron chi connectivity index (χ0n) is 15.2. The van der Waals surface area contributed by atoms with Crippen molar-refractivity contribution >= 4 is 5.78 Å². The van der Waals surface area contributed by atoms with Crippen LogP contribution in [0.1, 0.15) is 110 Å². The highest BCUT2D eigenvalue weighted by molar-refractivity contribution is 5.81. The Labute approximate surface area is 138 Å². The molecule has 0 heterocycles. The summed E-state index contributed by atoms with van der Waals surface area (Å²) in [6, 6.07) is 0. The first-order valence-corrected chi connectivity index (χ1v) is 10.1. The minimum absolute atomic E-state index is 0.223. The molecular weight excluding hydrogens is 268 g/mol. The second-order valence-corrected chi connectivity index (χ2v) is 8.89. The first-order valence-electron chi connectivity index (χ1n) is 10.1. The maximum atomic E-state index is 12.5. The van der Waals surface area contributed by atoms with E-state index in [2.05, 4.69) is 13.8 Å². The van der Waals surface area contributed by atoms with Gasteiger partial charge in [-0.25, -0.2) is 0 Å². The number of ketones is 1. The van der Waals surface area contributed by atoms with Gasteiger partial charge in [0.1, 0.15) is 5.78 Å². The van der Waals surface area contributed by atoms with Gasteiger partial charge in [-0.1, -0.05) is 84.5 Å². The summed E-state index contributed by atoms with van der Waals surface area (Å²) in [7, 11) is 0. The Bertz CT molecular complexity index is 319. The number of hydrogen-bond donors (Lipinski definition) is 0. The Kier molecular flexibility index (Phi) is 7.44. The van der Waals surface area contributed by atoms with E-state index in [0.717, 1.165) is 25.2 Å². The Hall–Kier alpha value is -0.330. The van der Waals surface area contributed by atoms with Gasteiger partial charge in [0, 0.05) is 12.3 Å². The second-order valence-electron chi connectivity index (χ2n) is 8.89. The van der Waals surface area contributed by atoms with Crippen LogP contribution in [0.25, 0.3) is 0 Å². The molecule has 0 amide bonds. The second kappa shape index (κ2) is 9.08. The Morgan fingerprint density at radius 2 is 1.45 bits per heavy atom. The first kappa shape index (κ1) is 18.0. The quantitative estimate of drug-likeness (QED) is 0.456. The van der Waals surface area contributed by atoms with Gasteiger partial charge in [-0.3, -0.25) is 4.79 Å². The molecule has 2 saturated carbocycles. The molecule has 2 aliphatic carbocycles. The molecule has 2 rings (SSSR count). The Morgan fingerprint density at radius 3 is 2.09 bits per heavy atom. The van der Waals surface area contributed by atoms with E-state index in [0.29, 0.717) is 11.7 Å². The van der Waals surface area contributed by atoms with Crippen LogP contribution >= 0.6 is 0 Å². The van der Waals surface area contributed by atoms with Crippen LogP contribution in [0.2, 0.25) is 0 Å². The molecule has 0 atom stereocenters. The van der Waals surface area contributed by atoms with Gasteiger partial charge in [-0.05, 0) is 30.6 Å². The van der Waals surface area contributed by atoms with Crippen LogP contribution in [-0.2, 0) is 4.79 Å². The van der Waals surface area contributed by atoms with E-state index in [4.69, 9.17) is 0 Å². The van der Waals surface area contributed by atoms with Gasteiger partial charge in [0.25, 0.3) is 0 Å². The third kappa shape index (κ3) is 6.42. The molecule has 0 bridgehead atoms. The fraction of sp³-hybridized carbons (Fsp3) is 0.952. The summed E-state index contributed by atoms with van der Waals surface area (Å²) < 4.78 is 0. The van der Waals surface area contributed by atoms with Gasteiger partial charge < -0.3 is 0 Å². The molecule has 0 aromatic carbocycles. The van der Waals surface area contributed by atoms with Crippen molar-refractivity contribution in [1.29, 1.82) is 0 Å². The van der Waals surface area contributed by atoms with Gasteiger partial charge in [0.05, 0.1) is 0 Å². The van der Waals surface area contributed by atoms with Gasteiger partial charge >= 0.3 is 0 Å². The van der Waals surface area contributed by atoms with Crippen molar-refractivity contribution in [2.24, 2.45) is 17.3 Å². The lowest BCUT2D eigenvalue weighted by molar-refractivity contribution is -0.125. The van der Waals surface area contributed by atoms with Crippen LogP contribution in [0.3, 0.4) is 0 Å². The molecule has 0 radical (unpaired) electrons. The maximum absolute atomic E-state index is 12.5. The summed E-state index contributed by atoms with van der Waals surface area (Å²) in [5.74, 6) is 1.98. The highest BCUT2D eigenvalue weighted by Gasteiger charge is 2.27. The van der Waals surface area contributed by atoms with E-state index in [-0.39, 0.29) is 5.41 Å². The monoisotopic (exact) mass is 306 g/mol. The number of carbonyl (C=O) groups is 1. The molecule has 0 spiro atoms. The fourth-order valence-corrected chi connectivity index (χ4v) is 4.64. The molecule has 22 heavy (non-hydrogen) atoms. The average molecular weight is 307 g/mol. The molecule has 1 heteroatoms. The van der Waals surface area contributed by atoms with Crippen molar-refractivity contribution in [1.82, 2.24) is 0 Å². The lowest BCUT2D eigenvalue weighted by atomic mass is 9.76. The number of hydrogen-bond acceptors (Lipinski definition) is 1. The summed E-state index contributed by atoms with van der Waals surface area (Å²) in [4.78, 5) is 12.5. The summed E-state index contributed by atoms with van der Waals surface area (Å²) in [5.41, 5.74) is 0.223. The van der Waals surface area contributed by atoms with Crippen LogP contribution in [0.4, 0.5) is 0 Å². The Balaban J connectivity index is 1.61. The first-order chi connectivity index (χ1) is 10.6. The third-order valence-electron chi connectivity index (χ3n) is 6.15. The van der Waals surface area contributed by atoms with Crippen molar-refractivity contribution in [2.45, 2.75) is 110 Å². The SMILES string of the molecule is CC(C)(CCCCC1CCCCC1)CC(=O)C1CCCCC1. The number of Topliss-reactive ketones (excluding diaryl/α,β-unsaturated/α-hetero) is 1. The van der Waals surface area contributed by atoms with Crippen LogP contribution < -0.4 is 0 Å². The molecule has 2 aliphatic rings. The molecule has 0 aromatic heterocycles. The predicted octanol–water partition coefficient (Wildman–Crippen LogP) is 6.69. The summed E-state index contributed by atoms with van der Waals surface area (Å²) in [5, 5.41) is 0. The lowest BCUT2D eigenvalue weighted by Gasteiger charge is -2.28. The van der Waals surface area contributed by atoms with Gasteiger partial charge in [0.2, 0.25) is 0 Å². The molecule has 2 fully saturated rings. The van der Waals surface area contributed by atoms with Crippen molar-refractivity contribution in [3.63, 3.8) is 0 Å². The summed E-state index contributed by atoms with van der Waals surface area (Å²) in [6.45, 7) is 4.63. The van der Waals surface area contributed by atoms with Crippen LogP contribution in [-0.4, -0.2) is 5.78 Å². The van der Waals surface area contributed by atoms with E-state index in [1.807, 2.05) is 0 Å². The van der Waals surface area contributed by atoms with Crippen molar-refractivity contribution < 1.29 is 4.79 Å². The van der Waals surface area contributed by atoms with Gasteiger partial charge in [0.15, 0.2) is 0 Å². The molecule has 0 N–H and O–H groups in total. The normalized spacial score (nSPS) is 21.9. The average Bonchev–Trinajstić information content (AvgIpc) is 2.53. The van der Waals surface area contributed by atoms with E-state index in [1.165, 1.54) is 77.0 Å². The van der Waals surface area contributed by atoms with E-state index in [9.17, 15) is 4.79 Å². The molecule has 0 saturated heterocycles. The zero-order chi connectivity index (χ0) is 15.8. The molecule has 128 valence electrons. The molecule has 0 aromatic rings. The lowest BCUT2D eigenvalue weighted by Crippen LogP contribution is -2.24. The zero-order valence-corrected chi connectivity index (χ0v) is 15.2. The molecule has 0 unspecified atom stereocenters. The number of unbranched alkanes of at least 4 members (excludes halogenated alkanes) is 1. The molecule has 0 aliphatic heterocycles. The van der Waals surface area contributed by atoms with Crippen LogP contribution in [0.15, 0.2) is 0 Å².